The van der Waals surface area contributed by atoms with Gasteiger partial charge in [-0.1, -0.05) is 72.8 Å². The van der Waals surface area contributed by atoms with Crippen molar-refractivity contribution in [1.82, 2.24) is 5.32 Å². The van der Waals surface area contributed by atoms with Crippen LogP contribution in [0.25, 0.3) is 11.1 Å². The predicted molar refractivity (Wildman–Crippen MR) is 127 cm³/mol. The Morgan fingerprint density at radius 1 is 0.781 bits per heavy atom. The summed E-state index contributed by atoms with van der Waals surface area (Å²) in [4.78, 5) is 26.4. The highest BCUT2D eigenvalue weighted by Gasteiger charge is 2.35. The molecular weight excluding hydrogens is 398 g/mol. The molecule has 4 heteroatoms. The van der Waals surface area contributed by atoms with Crippen LogP contribution in [-0.4, -0.2) is 30.4 Å². The van der Waals surface area contributed by atoms with Crippen LogP contribution in [-0.2, 0) is 4.74 Å². The first kappa shape index (κ1) is 22.0. The minimum absolute atomic E-state index is 0.183. The summed E-state index contributed by atoms with van der Waals surface area (Å²) >= 11 is 0. The Kier molecular flexibility index (Phi) is 6.52. The minimum Gasteiger partial charge on any atom is -0.456 e. The summed E-state index contributed by atoms with van der Waals surface area (Å²) in [5.74, 6) is -0.337. The number of ether oxygens (including phenoxy) is 1. The first-order chi connectivity index (χ1) is 15.5. The summed E-state index contributed by atoms with van der Waals surface area (Å²) in [5, 5.41) is 3.34. The lowest BCUT2D eigenvalue weighted by Gasteiger charge is -2.36. The lowest BCUT2D eigenvalue weighted by atomic mass is 9.83. The molecule has 32 heavy (non-hydrogen) atoms. The minimum atomic E-state index is -0.591. The topological polar surface area (TPSA) is 55.4 Å². The van der Waals surface area contributed by atoms with Crippen molar-refractivity contribution in [2.45, 2.75) is 32.3 Å². The molecule has 0 aromatic heterocycles. The van der Waals surface area contributed by atoms with Crippen LogP contribution >= 0.6 is 0 Å². The molecule has 0 bridgehead atoms. The third kappa shape index (κ3) is 4.81. The summed E-state index contributed by atoms with van der Waals surface area (Å²) in [6.07, 6.45) is 1.93. The fourth-order valence-corrected chi connectivity index (χ4v) is 4.35. The van der Waals surface area contributed by atoms with Gasteiger partial charge in [-0.05, 0) is 57.0 Å². The molecular formula is C28H29NO3. The number of hydrogen-bond donors (Lipinski definition) is 1. The standard InChI is InChI=1S/C28H29NO3/c1-28(2,23-16-18-29-19-17-23)32-27(31)25-11-7-6-10-24(25)26(30)22-14-12-21(13-15-22)20-8-4-3-5-9-20/h3-15,23,29H,16-19H2,1-2H3. The molecule has 0 radical (unpaired) electrons. The van der Waals surface area contributed by atoms with E-state index in [1.54, 1.807) is 24.3 Å². The molecule has 0 saturated carbocycles. The molecule has 4 nitrogen and oxygen atoms in total. The number of hydrogen-bond acceptors (Lipinski definition) is 4. The maximum Gasteiger partial charge on any atom is 0.339 e. The summed E-state index contributed by atoms with van der Waals surface area (Å²) < 4.78 is 5.95. The van der Waals surface area contributed by atoms with Crippen LogP contribution < -0.4 is 5.32 Å². The molecule has 0 unspecified atom stereocenters. The van der Waals surface area contributed by atoms with Crippen molar-refractivity contribution < 1.29 is 14.3 Å². The zero-order valence-corrected chi connectivity index (χ0v) is 18.6. The van der Waals surface area contributed by atoms with Gasteiger partial charge in [0.05, 0.1) is 5.56 Å². The highest BCUT2D eigenvalue weighted by atomic mass is 16.6. The van der Waals surface area contributed by atoms with E-state index in [0.29, 0.717) is 22.6 Å². The first-order valence-electron chi connectivity index (χ1n) is 11.2. The van der Waals surface area contributed by atoms with Crippen LogP contribution in [0.15, 0.2) is 78.9 Å². The monoisotopic (exact) mass is 427 g/mol. The number of piperidine rings is 1. The van der Waals surface area contributed by atoms with Crippen molar-refractivity contribution in [3.05, 3.63) is 95.6 Å². The Labute approximate surface area is 189 Å². The maximum atomic E-state index is 13.3. The van der Waals surface area contributed by atoms with Crippen LogP contribution in [0, 0.1) is 5.92 Å². The second-order valence-corrected chi connectivity index (χ2v) is 8.84. The summed E-state index contributed by atoms with van der Waals surface area (Å²) in [6, 6.07) is 24.4. The van der Waals surface area contributed by atoms with Crippen molar-refractivity contribution in [2.75, 3.05) is 13.1 Å². The molecule has 3 aromatic rings. The molecule has 1 fully saturated rings. The van der Waals surface area contributed by atoms with E-state index in [1.165, 1.54) is 0 Å². The van der Waals surface area contributed by atoms with E-state index in [-0.39, 0.29) is 5.78 Å². The zero-order chi connectivity index (χ0) is 22.6. The van der Waals surface area contributed by atoms with Crippen LogP contribution in [0.3, 0.4) is 0 Å². The van der Waals surface area contributed by atoms with E-state index in [4.69, 9.17) is 4.74 Å². The SMILES string of the molecule is CC(C)(OC(=O)c1ccccc1C(=O)c1ccc(-c2ccccc2)cc1)C1CCNCC1. The van der Waals surface area contributed by atoms with Gasteiger partial charge >= 0.3 is 5.97 Å². The van der Waals surface area contributed by atoms with Gasteiger partial charge in [-0.15, -0.1) is 0 Å². The molecule has 164 valence electrons. The highest BCUT2D eigenvalue weighted by Crippen LogP contribution is 2.30. The smallest absolute Gasteiger partial charge is 0.339 e. The van der Waals surface area contributed by atoms with Gasteiger partial charge < -0.3 is 10.1 Å². The molecule has 0 aliphatic carbocycles. The molecule has 3 aromatic carbocycles. The molecule has 1 N–H and O–H groups in total. The van der Waals surface area contributed by atoms with Gasteiger partial charge in [-0.3, -0.25) is 4.79 Å². The predicted octanol–water partition coefficient (Wildman–Crippen LogP) is 5.52. The van der Waals surface area contributed by atoms with Crippen molar-refractivity contribution in [2.24, 2.45) is 5.92 Å². The average Bonchev–Trinajstić information content (AvgIpc) is 2.84. The largest absolute Gasteiger partial charge is 0.456 e. The van der Waals surface area contributed by atoms with E-state index >= 15 is 0 Å². The average molecular weight is 428 g/mol. The Balaban J connectivity index is 1.55. The van der Waals surface area contributed by atoms with E-state index in [2.05, 4.69) is 5.32 Å². The number of benzene rings is 3. The van der Waals surface area contributed by atoms with Crippen LogP contribution in [0.5, 0.6) is 0 Å². The highest BCUT2D eigenvalue weighted by molar-refractivity contribution is 6.14. The molecule has 4 rings (SSSR count). The number of nitrogens with one attached hydrogen (secondary N) is 1. The first-order valence-corrected chi connectivity index (χ1v) is 11.2. The Bertz CT molecular complexity index is 1080. The van der Waals surface area contributed by atoms with Crippen molar-refractivity contribution >= 4 is 11.8 Å². The van der Waals surface area contributed by atoms with Crippen LogP contribution in [0.1, 0.15) is 53.0 Å². The van der Waals surface area contributed by atoms with Gasteiger partial charge in [0, 0.05) is 17.0 Å². The van der Waals surface area contributed by atoms with Crippen LogP contribution in [0.4, 0.5) is 0 Å². The third-order valence-corrected chi connectivity index (χ3v) is 6.32. The Hall–Kier alpha value is -3.24. The Morgan fingerprint density at radius 2 is 1.34 bits per heavy atom. The second kappa shape index (κ2) is 9.49. The van der Waals surface area contributed by atoms with Crippen LogP contribution in [0.2, 0.25) is 0 Å². The molecule has 1 heterocycles. The number of carbonyl (C=O) groups excluding carboxylic acids is 2. The maximum absolute atomic E-state index is 13.3. The van der Waals surface area contributed by atoms with E-state index in [9.17, 15) is 9.59 Å². The van der Waals surface area contributed by atoms with Gasteiger partial charge in [-0.2, -0.15) is 0 Å². The summed E-state index contributed by atoms with van der Waals surface area (Å²) in [6.45, 7) is 5.79. The van der Waals surface area contributed by atoms with Gasteiger partial charge in [0.15, 0.2) is 5.78 Å². The number of esters is 1. The molecule has 1 saturated heterocycles. The lowest BCUT2D eigenvalue weighted by molar-refractivity contribution is -0.0368. The van der Waals surface area contributed by atoms with Crippen molar-refractivity contribution in [3.8, 4) is 11.1 Å². The Morgan fingerprint density at radius 3 is 2.00 bits per heavy atom. The van der Waals surface area contributed by atoms with Gasteiger partial charge in [0.1, 0.15) is 5.60 Å². The second-order valence-electron chi connectivity index (χ2n) is 8.84. The van der Waals surface area contributed by atoms with Crippen molar-refractivity contribution in [1.29, 1.82) is 0 Å². The normalized spacial score (nSPS) is 14.7. The molecule has 0 atom stereocenters. The van der Waals surface area contributed by atoms with Gasteiger partial charge in [0.2, 0.25) is 0 Å². The van der Waals surface area contributed by atoms with Gasteiger partial charge in [0.25, 0.3) is 0 Å². The van der Waals surface area contributed by atoms with E-state index in [1.807, 2.05) is 68.4 Å². The third-order valence-electron chi connectivity index (χ3n) is 6.32. The lowest BCUT2D eigenvalue weighted by Crippen LogP contribution is -2.43. The van der Waals surface area contributed by atoms with Crippen molar-refractivity contribution in [3.63, 3.8) is 0 Å². The van der Waals surface area contributed by atoms with Gasteiger partial charge in [-0.25, -0.2) is 4.79 Å². The summed E-state index contributed by atoms with van der Waals surface area (Å²) in [7, 11) is 0. The number of rotatable bonds is 6. The number of ketones is 1. The summed E-state index contributed by atoms with van der Waals surface area (Å²) in [5.41, 5.74) is 2.77. The molecule has 1 aliphatic heterocycles. The molecule has 0 spiro atoms. The fourth-order valence-electron chi connectivity index (χ4n) is 4.35. The quantitative estimate of drug-likeness (QED) is 0.416. The fraction of sp³-hybridized carbons (Fsp3) is 0.286. The molecule has 1 aliphatic rings. The number of carbonyl (C=O) groups is 2. The zero-order valence-electron chi connectivity index (χ0n) is 18.6. The van der Waals surface area contributed by atoms with E-state index in [0.717, 1.165) is 37.1 Å². The molecule has 0 amide bonds. The van der Waals surface area contributed by atoms with E-state index < -0.39 is 11.6 Å².